The topological polar surface area (TPSA) is 38.2 Å². The number of nitrogens with zero attached hydrogens (tertiary/aromatic N) is 3. The molecule has 0 atom stereocenters. The van der Waals surface area contributed by atoms with E-state index in [9.17, 15) is 13.2 Å². The van der Waals surface area contributed by atoms with Crippen molar-refractivity contribution < 1.29 is 17.9 Å². The highest BCUT2D eigenvalue weighted by atomic mass is 19.4. The van der Waals surface area contributed by atoms with Crippen molar-refractivity contribution in [3.63, 3.8) is 0 Å². The van der Waals surface area contributed by atoms with E-state index in [4.69, 9.17) is 4.74 Å². The zero-order valence-electron chi connectivity index (χ0n) is 14.0. The van der Waals surface area contributed by atoms with Crippen LogP contribution in [-0.4, -0.2) is 34.1 Å². The minimum Gasteiger partial charge on any atom is -0.473 e. The molecule has 134 valence electrons. The molecule has 0 N–H and O–H groups in total. The third-order valence-electron chi connectivity index (χ3n) is 4.27. The number of rotatable bonds is 4. The quantitative estimate of drug-likeness (QED) is 0.839. The standard InChI is InChI=1S/C18H20F3N3O/c1-13-10-22-11-17(23-13)25-15-6-8-24(9-7-15)12-14-4-2-3-5-16(14)18(19,20)21/h2-5,10-11,15H,6-9,12H2,1H3. The first-order chi connectivity index (χ1) is 11.9. The molecule has 7 heteroatoms. The molecule has 0 unspecified atom stereocenters. The fraction of sp³-hybridized carbons (Fsp3) is 0.444. The van der Waals surface area contributed by atoms with E-state index < -0.39 is 11.7 Å². The van der Waals surface area contributed by atoms with E-state index >= 15 is 0 Å². The molecule has 4 nitrogen and oxygen atoms in total. The van der Waals surface area contributed by atoms with Crippen molar-refractivity contribution in [1.29, 1.82) is 0 Å². The molecule has 0 saturated carbocycles. The van der Waals surface area contributed by atoms with Gasteiger partial charge in [-0.15, -0.1) is 0 Å². The predicted molar refractivity (Wildman–Crippen MR) is 87.1 cm³/mol. The Hall–Kier alpha value is -2.15. The van der Waals surface area contributed by atoms with Crippen LogP contribution >= 0.6 is 0 Å². The lowest BCUT2D eigenvalue weighted by molar-refractivity contribution is -0.138. The lowest BCUT2D eigenvalue weighted by Crippen LogP contribution is -2.38. The van der Waals surface area contributed by atoms with E-state index in [0.717, 1.165) is 24.6 Å². The molecule has 3 rings (SSSR count). The number of aryl methyl sites for hydroxylation is 1. The van der Waals surface area contributed by atoms with Crippen LogP contribution in [0.15, 0.2) is 36.7 Å². The zero-order valence-corrected chi connectivity index (χ0v) is 14.0. The summed E-state index contributed by atoms with van der Waals surface area (Å²) in [7, 11) is 0. The Morgan fingerprint density at radius 1 is 1.16 bits per heavy atom. The van der Waals surface area contributed by atoms with Crippen molar-refractivity contribution >= 4 is 0 Å². The second kappa shape index (κ2) is 7.39. The molecule has 25 heavy (non-hydrogen) atoms. The molecule has 0 spiro atoms. The van der Waals surface area contributed by atoms with Gasteiger partial charge < -0.3 is 4.74 Å². The summed E-state index contributed by atoms with van der Waals surface area (Å²) in [6.45, 7) is 3.53. The van der Waals surface area contributed by atoms with Gasteiger partial charge in [-0.05, 0) is 31.4 Å². The Balaban J connectivity index is 1.57. The van der Waals surface area contributed by atoms with Crippen LogP contribution in [0.2, 0.25) is 0 Å². The van der Waals surface area contributed by atoms with Gasteiger partial charge in [-0.2, -0.15) is 13.2 Å². The van der Waals surface area contributed by atoms with Crippen LogP contribution in [0, 0.1) is 6.92 Å². The lowest BCUT2D eigenvalue weighted by atomic mass is 10.0. The van der Waals surface area contributed by atoms with Gasteiger partial charge in [0, 0.05) is 25.8 Å². The average molecular weight is 351 g/mol. The van der Waals surface area contributed by atoms with Gasteiger partial charge in [0.15, 0.2) is 0 Å². The molecule has 0 bridgehead atoms. The van der Waals surface area contributed by atoms with Gasteiger partial charge in [0.05, 0.1) is 17.5 Å². The van der Waals surface area contributed by atoms with Gasteiger partial charge in [0.1, 0.15) is 6.10 Å². The highest BCUT2D eigenvalue weighted by Crippen LogP contribution is 2.32. The Labute approximate surface area is 144 Å². The van der Waals surface area contributed by atoms with Gasteiger partial charge in [0.25, 0.3) is 0 Å². The summed E-state index contributed by atoms with van der Waals surface area (Å²) in [4.78, 5) is 10.4. The van der Waals surface area contributed by atoms with Gasteiger partial charge in [-0.3, -0.25) is 9.88 Å². The predicted octanol–water partition coefficient (Wildman–Crippen LogP) is 3.85. The number of hydrogen-bond acceptors (Lipinski definition) is 4. The number of alkyl halides is 3. The summed E-state index contributed by atoms with van der Waals surface area (Å²) in [5, 5.41) is 0. The van der Waals surface area contributed by atoms with E-state index in [1.54, 1.807) is 24.5 Å². The largest absolute Gasteiger partial charge is 0.473 e. The molecule has 0 radical (unpaired) electrons. The van der Waals surface area contributed by atoms with Gasteiger partial charge in [0.2, 0.25) is 5.88 Å². The van der Waals surface area contributed by atoms with Crippen LogP contribution in [-0.2, 0) is 12.7 Å². The second-order valence-corrected chi connectivity index (χ2v) is 6.25. The van der Waals surface area contributed by atoms with Crippen molar-refractivity contribution in [2.45, 2.75) is 38.6 Å². The summed E-state index contributed by atoms with van der Waals surface area (Å²) in [5.74, 6) is 0.501. The monoisotopic (exact) mass is 351 g/mol. The number of halogens is 3. The van der Waals surface area contributed by atoms with Gasteiger partial charge in [-0.25, -0.2) is 4.98 Å². The van der Waals surface area contributed by atoms with Crippen LogP contribution in [0.1, 0.15) is 29.7 Å². The number of aromatic nitrogens is 2. The van der Waals surface area contributed by atoms with Crippen LogP contribution in [0.4, 0.5) is 13.2 Å². The third-order valence-corrected chi connectivity index (χ3v) is 4.27. The van der Waals surface area contributed by atoms with Crippen LogP contribution in [0.5, 0.6) is 5.88 Å². The number of piperidine rings is 1. The average Bonchev–Trinajstić information content (AvgIpc) is 2.56. The fourth-order valence-electron chi connectivity index (χ4n) is 3.03. The number of hydrogen-bond donors (Lipinski definition) is 0. The molecular weight excluding hydrogens is 331 g/mol. The van der Waals surface area contributed by atoms with E-state index in [1.165, 1.54) is 6.07 Å². The molecule has 1 aromatic carbocycles. The summed E-state index contributed by atoms with van der Waals surface area (Å²) < 4.78 is 45.1. The smallest absolute Gasteiger partial charge is 0.416 e. The van der Waals surface area contributed by atoms with Gasteiger partial charge in [-0.1, -0.05) is 18.2 Å². The maximum absolute atomic E-state index is 13.1. The van der Waals surface area contributed by atoms with Crippen molar-refractivity contribution in [2.24, 2.45) is 0 Å². The Kier molecular flexibility index (Phi) is 5.22. The molecule has 1 fully saturated rings. The Bertz CT molecular complexity index is 713. The minimum atomic E-state index is -4.32. The first kappa shape index (κ1) is 17.7. The van der Waals surface area contributed by atoms with Crippen molar-refractivity contribution in [3.8, 4) is 5.88 Å². The highest BCUT2D eigenvalue weighted by molar-refractivity contribution is 5.29. The molecule has 0 amide bonds. The Morgan fingerprint density at radius 2 is 1.88 bits per heavy atom. The minimum absolute atomic E-state index is 0.0187. The highest BCUT2D eigenvalue weighted by Gasteiger charge is 2.33. The van der Waals surface area contributed by atoms with Crippen molar-refractivity contribution in [2.75, 3.05) is 13.1 Å². The third kappa shape index (κ3) is 4.69. The fourth-order valence-corrected chi connectivity index (χ4v) is 3.03. The van der Waals surface area contributed by atoms with Crippen LogP contribution < -0.4 is 4.74 Å². The zero-order chi connectivity index (χ0) is 17.9. The molecule has 2 aromatic rings. The van der Waals surface area contributed by atoms with E-state index in [2.05, 4.69) is 9.97 Å². The first-order valence-corrected chi connectivity index (χ1v) is 8.24. The van der Waals surface area contributed by atoms with E-state index in [0.29, 0.717) is 31.1 Å². The molecule has 2 heterocycles. The summed E-state index contributed by atoms with van der Waals surface area (Å²) in [5.41, 5.74) is 0.557. The van der Waals surface area contributed by atoms with Gasteiger partial charge >= 0.3 is 6.18 Å². The maximum atomic E-state index is 13.1. The molecule has 1 aliphatic rings. The number of ether oxygens (including phenoxy) is 1. The normalized spacial score (nSPS) is 16.8. The van der Waals surface area contributed by atoms with Crippen molar-refractivity contribution in [3.05, 3.63) is 53.5 Å². The molecule has 1 saturated heterocycles. The number of likely N-dealkylation sites (tertiary alicyclic amines) is 1. The summed E-state index contributed by atoms with van der Waals surface area (Å²) in [6, 6.07) is 5.77. The summed E-state index contributed by atoms with van der Waals surface area (Å²) in [6.07, 6.45) is 0.451. The molecule has 0 aliphatic carbocycles. The SMILES string of the molecule is Cc1cncc(OC2CCN(Cc3ccccc3C(F)(F)F)CC2)n1. The van der Waals surface area contributed by atoms with Crippen LogP contribution in [0.3, 0.4) is 0 Å². The maximum Gasteiger partial charge on any atom is 0.416 e. The second-order valence-electron chi connectivity index (χ2n) is 6.25. The van der Waals surface area contributed by atoms with E-state index in [-0.39, 0.29) is 6.10 Å². The molecular formula is C18H20F3N3O. The summed E-state index contributed by atoms with van der Waals surface area (Å²) >= 11 is 0. The molecule has 1 aliphatic heterocycles. The van der Waals surface area contributed by atoms with Crippen LogP contribution in [0.25, 0.3) is 0 Å². The first-order valence-electron chi connectivity index (χ1n) is 8.24. The van der Waals surface area contributed by atoms with Crippen molar-refractivity contribution in [1.82, 2.24) is 14.9 Å². The van der Waals surface area contributed by atoms with E-state index in [1.807, 2.05) is 11.8 Å². The number of benzene rings is 1. The Morgan fingerprint density at radius 3 is 2.56 bits per heavy atom. The lowest BCUT2D eigenvalue weighted by Gasteiger charge is -2.32. The molecule has 1 aromatic heterocycles.